The van der Waals surface area contributed by atoms with Crippen LogP contribution in [0.1, 0.15) is 0 Å². The van der Waals surface area contributed by atoms with Gasteiger partial charge in [-0.05, 0) is 80.9 Å². The molecule has 0 bridgehead atoms. The SMILES string of the molecule is c1ccc(-c2ccc(-c3ccc(-n4c5ccccc5c5ccc6c7ccccc7n(-c7cc(-c8ccc(-c9ccccc9)cc8)cc(-c8ccccc8)n7)c6c54)cc3)cc2)cc1. The van der Waals surface area contributed by atoms with Gasteiger partial charge in [-0.25, -0.2) is 4.98 Å². The molecule has 0 unspecified atom stereocenters. The van der Waals surface area contributed by atoms with E-state index in [1.54, 1.807) is 0 Å². The fourth-order valence-electron chi connectivity index (χ4n) is 9.34. The zero-order valence-electron chi connectivity index (χ0n) is 33.9. The van der Waals surface area contributed by atoms with Crippen molar-refractivity contribution in [1.82, 2.24) is 14.1 Å². The van der Waals surface area contributed by atoms with Crippen LogP contribution in [-0.2, 0) is 0 Å². The van der Waals surface area contributed by atoms with Crippen LogP contribution < -0.4 is 0 Å². The third kappa shape index (κ3) is 6.02. The molecule has 290 valence electrons. The average molecular weight is 790 g/mol. The molecule has 12 rings (SSSR count). The van der Waals surface area contributed by atoms with Crippen LogP contribution in [0.15, 0.2) is 237 Å². The van der Waals surface area contributed by atoms with Crippen molar-refractivity contribution in [2.45, 2.75) is 0 Å². The molecule has 0 aliphatic heterocycles. The van der Waals surface area contributed by atoms with Gasteiger partial charge >= 0.3 is 0 Å². The minimum absolute atomic E-state index is 0.873. The van der Waals surface area contributed by atoms with Gasteiger partial charge in [-0.15, -0.1) is 0 Å². The maximum absolute atomic E-state index is 5.52. The fraction of sp³-hybridized carbons (Fsp3) is 0. The first-order valence-corrected chi connectivity index (χ1v) is 21.2. The molecule has 0 atom stereocenters. The van der Waals surface area contributed by atoms with Crippen LogP contribution in [0.4, 0.5) is 0 Å². The molecule has 0 saturated heterocycles. The summed E-state index contributed by atoms with van der Waals surface area (Å²) in [5.74, 6) is 0.873. The van der Waals surface area contributed by atoms with Gasteiger partial charge in [0.1, 0.15) is 5.82 Å². The van der Waals surface area contributed by atoms with Crippen molar-refractivity contribution >= 4 is 43.6 Å². The van der Waals surface area contributed by atoms with E-state index in [0.29, 0.717) is 0 Å². The van der Waals surface area contributed by atoms with E-state index < -0.39 is 0 Å². The Morgan fingerprint density at radius 2 is 0.629 bits per heavy atom. The van der Waals surface area contributed by atoms with Gasteiger partial charge < -0.3 is 4.57 Å². The summed E-state index contributed by atoms with van der Waals surface area (Å²) in [6.45, 7) is 0. The lowest BCUT2D eigenvalue weighted by Crippen LogP contribution is -2.02. The molecule has 0 spiro atoms. The minimum atomic E-state index is 0.873. The summed E-state index contributed by atoms with van der Waals surface area (Å²) >= 11 is 0. The third-order valence-corrected chi connectivity index (χ3v) is 12.4. The summed E-state index contributed by atoms with van der Waals surface area (Å²) in [5, 5.41) is 4.80. The summed E-state index contributed by atoms with van der Waals surface area (Å²) in [6, 6.07) is 85.2. The highest BCUT2D eigenvalue weighted by Gasteiger charge is 2.22. The molecule has 0 N–H and O–H groups in total. The van der Waals surface area contributed by atoms with Crippen molar-refractivity contribution in [3.05, 3.63) is 237 Å². The standard InChI is InChI=1S/C59H39N3/c1-4-14-40(15-5-1)42-24-26-44(27-25-42)45-32-34-49(35-33-45)61-55-22-12-10-20-50(55)52-36-37-53-51-21-11-13-23-56(51)62(59(53)58(52)61)57-39-48(38-54(60-57)47-18-8-3-9-19-47)46-30-28-43(29-31-46)41-16-6-2-7-17-41/h1-39H. The third-order valence-electron chi connectivity index (χ3n) is 12.4. The van der Waals surface area contributed by atoms with Gasteiger partial charge in [0.05, 0.1) is 27.8 Å². The first-order chi connectivity index (χ1) is 30.7. The number of nitrogens with zero attached hydrogens (tertiary/aromatic N) is 3. The molecule has 12 aromatic rings. The molecule has 0 saturated carbocycles. The van der Waals surface area contributed by atoms with E-state index in [1.807, 2.05) is 0 Å². The summed E-state index contributed by atoms with van der Waals surface area (Å²) in [4.78, 5) is 5.52. The molecule has 3 heteroatoms. The van der Waals surface area contributed by atoms with E-state index in [0.717, 1.165) is 56.0 Å². The van der Waals surface area contributed by atoms with E-state index in [9.17, 15) is 0 Å². The average Bonchev–Trinajstić information content (AvgIpc) is 3.88. The zero-order chi connectivity index (χ0) is 41.0. The predicted molar refractivity (Wildman–Crippen MR) is 260 cm³/mol. The van der Waals surface area contributed by atoms with Gasteiger partial charge in [-0.3, -0.25) is 4.57 Å². The first kappa shape index (κ1) is 35.7. The number of pyridine rings is 1. The van der Waals surface area contributed by atoms with Gasteiger partial charge in [0.25, 0.3) is 0 Å². The highest BCUT2D eigenvalue weighted by atomic mass is 15.1. The van der Waals surface area contributed by atoms with E-state index in [1.165, 1.54) is 54.9 Å². The monoisotopic (exact) mass is 789 g/mol. The Morgan fingerprint density at radius 3 is 1.13 bits per heavy atom. The molecular weight excluding hydrogens is 751 g/mol. The minimum Gasteiger partial charge on any atom is -0.307 e. The number of benzene rings is 9. The Hall–Kier alpha value is -8.27. The lowest BCUT2D eigenvalue weighted by molar-refractivity contribution is 1.08. The van der Waals surface area contributed by atoms with Crippen LogP contribution in [0.3, 0.4) is 0 Å². The van der Waals surface area contributed by atoms with E-state index in [4.69, 9.17) is 4.98 Å². The summed E-state index contributed by atoms with van der Waals surface area (Å²) in [6.07, 6.45) is 0. The molecule has 0 aliphatic rings. The maximum atomic E-state index is 5.52. The smallest absolute Gasteiger partial charge is 0.138 e. The second-order valence-electron chi connectivity index (χ2n) is 16.0. The number of aromatic nitrogens is 3. The van der Waals surface area contributed by atoms with Crippen LogP contribution in [0.2, 0.25) is 0 Å². The molecule has 9 aromatic carbocycles. The van der Waals surface area contributed by atoms with Gasteiger partial charge in [-0.1, -0.05) is 200 Å². The van der Waals surface area contributed by atoms with Gasteiger partial charge in [-0.2, -0.15) is 0 Å². The number of hydrogen-bond acceptors (Lipinski definition) is 1. The van der Waals surface area contributed by atoms with Crippen molar-refractivity contribution in [3.8, 4) is 67.3 Å². The van der Waals surface area contributed by atoms with E-state index >= 15 is 0 Å². The predicted octanol–water partition coefficient (Wildman–Crippen LogP) is 15.6. The quantitative estimate of drug-likeness (QED) is 0.158. The number of rotatable bonds is 7. The van der Waals surface area contributed by atoms with Crippen molar-refractivity contribution in [2.24, 2.45) is 0 Å². The van der Waals surface area contributed by atoms with Gasteiger partial charge in [0.2, 0.25) is 0 Å². The molecule has 0 aliphatic carbocycles. The van der Waals surface area contributed by atoms with Crippen molar-refractivity contribution in [1.29, 1.82) is 0 Å². The molecule has 3 aromatic heterocycles. The maximum Gasteiger partial charge on any atom is 0.138 e. The van der Waals surface area contributed by atoms with Crippen LogP contribution in [-0.4, -0.2) is 14.1 Å². The molecule has 62 heavy (non-hydrogen) atoms. The Labute approximate surface area is 360 Å². The van der Waals surface area contributed by atoms with Crippen LogP contribution in [0, 0.1) is 0 Å². The van der Waals surface area contributed by atoms with E-state index in [-0.39, 0.29) is 0 Å². The van der Waals surface area contributed by atoms with Crippen molar-refractivity contribution in [2.75, 3.05) is 0 Å². The molecular formula is C59H39N3. The normalized spacial score (nSPS) is 11.5. The fourth-order valence-corrected chi connectivity index (χ4v) is 9.34. The van der Waals surface area contributed by atoms with Crippen LogP contribution in [0.25, 0.3) is 111 Å². The first-order valence-electron chi connectivity index (χ1n) is 21.2. The molecule has 3 heterocycles. The highest BCUT2D eigenvalue weighted by Crippen LogP contribution is 2.42. The molecule has 0 fully saturated rings. The Balaban J connectivity index is 1.07. The number of para-hydroxylation sites is 2. The Kier molecular flexibility index (Phi) is 8.50. The topological polar surface area (TPSA) is 22.8 Å². The second-order valence-corrected chi connectivity index (χ2v) is 16.0. The second kappa shape index (κ2) is 14.8. The summed E-state index contributed by atoms with van der Waals surface area (Å²) < 4.78 is 4.86. The number of hydrogen-bond donors (Lipinski definition) is 0. The largest absolute Gasteiger partial charge is 0.307 e. The zero-order valence-corrected chi connectivity index (χ0v) is 33.9. The molecule has 0 amide bonds. The summed E-state index contributed by atoms with van der Waals surface area (Å²) in [5.41, 5.74) is 17.1. The van der Waals surface area contributed by atoms with Crippen molar-refractivity contribution in [3.63, 3.8) is 0 Å². The van der Waals surface area contributed by atoms with Crippen LogP contribution >= 0.6 is 0 Å². The lowest BCUT2D eigenvalue weighted by Gasteiger charge is -2.15. The summed E-state index contributed by atoms with van der Waals surface area (Å²) in [7, 11) is 0. The highest BCUT2D eigenvalue weighted by molar-refractivity contribution is 6.23. The Morgan fingerprint density at radius 1 is 0.258 bits per heavy atom. The number of fused-ring (bicyclic) bond motifs is 7. The van der Waals surface area contributed by atoms with Gasteiger partial charge in [0, 0.05) is 32.8 Å². The van der Waals surface area contributed by atoms with Crippen LogP contribution in [0.5, 0.6) is 0 Å². The van der Waals surface area contributed by atoms with E-state index in [2.05, 4.69) is 246 Å². The molecule has 0 radical (unpaired) electrons. The van der Waals surface area contributed by atoms with Gasteiger partial charge in [0.15, 0.2) is 0 Å². The Bertz CT molecular complexity index is 3570. The van der Waals surface area contributed by atoms with Crippen molar-refractivity contribution < 1.29 is 0 Å². The lowest BCUT2D eigenvalue weighted by atomic mass is 9.99. The molecule has 3 nitrogen and oxygen atoms in total.